The summed E-state index contributed by atoms with van der Waals surface area (Å²) in [6, 6.07) is 0.279. The molecular weight excluding hydrogens is 150 g/mol. The van der Waals surface area contributed by atoms with Crippen molar-refractivity contribution in [2.24, 2.45) is 5.92 Å². The fourth-order valence-corrected chi connectivity index (χ4v) is 1.17. The lowest BCUT2D eigenvalue weighted by molar-refractivity contribution is 0.211. The summed E-state index contributed by atoms with van der Waals surface area (Å²) in [5.41, 5.74) is 0. The van der Waals surface area contributed by atoms with Crippen LogP contribution in [0.15, 0.2) is 0 Å². The molecule has 0 saturated heterocycles. The minimum absolute atomic E-state index is 0.254. The van der Waals surface area contributed by atoms with Crippen LogP contribution >= 0.6 is 0 Å². The summed E-state index contributed by atoms with van der Waals surface area (Å²) in [4.78, 5) is 0. The van der Waals surface area contributed by atoms with Crippen molar-refractivity contribution in [3.8, 4) is 0 Å². The maximum atomic E-state index is 8.99. The molecule has 0 amide bonds. The van der Waals surface area contributed by atoms with E-state index in [0.29, 0.717) is 5.92 Å². The van der Waals surface area contributed by atoms with E-state index in [0.717, 1.165) is 6.54 Å². The fourth-order valence-electron chi connectivity index (χ4n) is 1.17. The van der Waals surface area contributed by atoms with Gasteiger partial charge in [0, 0.05) is 6.04 Å². The molecule has 0 bridgehead atoms. The van der Waals surface area contributed by atoms with E-state index in [-0.39, 0.29) is 12.6 Å². The SMILES string of the molecule is CCCCCNC(CO)C(C)C. The van der Waals surface area contributed by atoms with E-state index in [1.165, 1.54) is 19.3 Å². The molecule has 0 spiro atoms. The van der Waals surface area contributed by atoms with E-state index in [9.17, 15) is 0 Å². The van der Waals surface area contributed by atoms with Gasteiger partial charge in [0.05, 0.1) is 6.61 Å². The van der Waals surface area contributed by atoms with Gasteiger partial charge in [-0.25, -0.2) is 0 Å². The number of aliphatic hydroxyl groups excluding tert-OH is 1. The highest BCUT2D eigenvalue weighted by molar-refractivity contribution is 4.68. The Bertz CT molecular complexity index is 93.8. The van der Waals surface area contributed by atoms with Gasteiger partial charge in [0.1, 0.15) is 0 Å². The lowest BCUT2D eigenvalue weighted by Crippen LogP contribution is -2.37. The van der Waals surface area contributed by atoms with E-state index in [2.05, 4.69) is 26.1 Å². The molecule has 0 aliphatic carbocycles. The first-order valence-electron chi connectivity index (χ1n) is 5.06. The van der Waals surface area contributed by atoms with Gasteiger partial charge in [-0.2, -0.15) is 0 Å². The summed E-state index contributed by atoms with van der Waals surface area (Å²) in [6.07, 6.45) is 3.76. The van der Waals surface area contributed by atoms with Crippen molar-refractivity contribution in [3.05, 3.63) is 0 Å². The normalized spacial score (nSPS) is 13.8. The Kier molecular flexibility index (Phi) is 7.51. The molecule has 0 rings (SSSR count). The van der Waals surface area contributed by atoms with Gasteiger partial charge in [-0.15, -0.1) is 0 Å². The zero-order chi connectivity index (χ0) is 9.40. The van der Waals surface area contributed by atoms with E-state index in [1.54, 1.807) is 0 Å². The van der Waals surface area contributed by atoms with Crippen LogP contribution in [0.25, 0.3) is 0 Å². The third-order valence-corrected chi connectivity index (χ3v) is 2.19. The minimum atomic E-state index is 0.254. The van der Waals surface area contributed by atoms with Crippen LogP contribution in [0.3, 0.4) is 0 Å². The molecule has 0 aliphatic heterocycles. The van der Waals surface area contributed by atoms with Gasteiger partial charge in [0.2, 0.25) is 0 Å². The van der Waals surface area contributed by atoms with Crippen molar-refractivity contribution in [1.82, 2.24) is 5.32 Å². The second-order valence-electron chi connectivity index (χ2n) is 3.69. The molecule has 1 unspecified atom stereocenters. The second kappa shape index (κ2) is 7.56. The summed E-state index contributed by atoms with van der Waals surface area (Å²) < 4.78 is 0. The Labute approximate surface area is 76.4 Å². The van der Waals surface area contributed by atoms with Crippen molar-refractivity contribution in [2.45, 2.75) is 46.1 Å². The number of nitrogens with one attached hydrogen (secondary N) is 1. The van der Waals surface area contributed by atoms with Crippen LogP contribution in [0.5, 0.6) is 0 Å². The predicted molar refractivity (Wildman–Crippen MR) is 53.2 cm³/mol. The van der Waals surface area contributed by atoms with Crippen LogP contribution in [0, 0.1) is 5.92 Å². The molecule has 0 aromatic carbocycles. The van der Waals surface area contributed by atoms with Crippen LogP contribution in [-0.4, -0.2) is 24.3 Å². The summed E-state index contributed by atoms with van der Waals surface area (Å²) in [7, 11) is 0. The summed E-state index contributed by atoms with van der Waals surface area (Å²) in [5, 5.41) is 12.3. The Balaban J connectivity index is 3.32. The van der Waals surface area contributed by atoms with E-state index >= 15 is 0 Å². The monoisotopic (exact) mass is 173 g/mol. The van der Waals surface area contributed by atoms with E-state index in [4.69, 9.17) is 5.11 Å². The van der Waals surface area contributed by atoms with Gasteiger partial charge in [0.15, 0.2) is 0 Å². The van der Waals surface area contributed by atoms with E-state index in [1.807, 2.05) is 0 Å². The van der Waals surface area contributed by atoms with Gasteiger partial charge >= 0.3 is 0 Å². The molecule has 0 aromatic rings. The Morgan fingerprint density at radius 1 is 1.25 bits per heavy atom. The molecule has 1 atom stereocenters. The minimum Gasteiger partial charge on any atom is -0.395 e. The molecule has 12 heavy (non-hydrogen) atoms. The number of aliphatic hydroxyl groups is 1. The first-order valence-corrected chi connectivity index (χ1v) is 5.06. The maximum absolute atomic E-state index is 8.99. The van der Waals surface area contributed by atoms with Crippen molar-refractivity contribution >= 4 is 0 Å². The van der Waals surface area contributed by atoms with Crippen molar-refractivity contribution < 1.29 is 5.11 Å². The van der Waals surface area contributed by atoms with Crippen LogP contribution in [0.2, 0.25) is 0 Å². The zero-order valence-corrected chi connectivity index (χ0v) is 8.64. The Morgan fingerprint density at radius 2 is 1.92 bits per heavy atom. The summed E-state index contributed by atoms with van der Waals surface area (Å²) in [6.45, 7) is 7.76. The smallest absolute Gasteiger partial charge is 0.0587 e. The second-order valence-corrected chi connectivity index (χ2v) is 3.69. The number of rotatable bonds is 7. The largest absolute Gasteiger partial charge is 0.395 e. The average molecular weight is 173 g/mol. The number of hydrogen-bond donors (Lipinski definition) is 2. The summed E-state index contributed by atoms with van der Waals surface area (Å²) in [5.74, 6) is 0.525. The first kappa shape index (κ1) is 11.9. The molecule has 0 heterocycles. The third-order valence-electron chi connectivity index (χ3n) is 2.19. The van der Waals surface area contributed by atoms with Gasteiger partial charge in [-0.1, -0.05) is 33.6 Å². The zero-order valence-electron chi connectivity index (χ0n) is 8.64. The van der Waals surface area contributed by atoms with Crippen molar-refractivity contribution in [3.63, 3.8) is 0 Å². The van der Waals surface area contributed by atoms with Gasteiger partial charge in [-0.05, 0) is 18.9 Å². The highest BCUT2D eigenvalue weighted by Crippen LogP contribution is 2.00. The first-order chi connectivity index (χ1) is 5.72. The molecule has 0 fully saturated rings. The molecule has 2 nitrogen and oxygen atoms in total. The predicted octanol–water partition coefficient (Wildman–Crippen LogP) is 1.78. The Morgan fingerprint density at radius 3 is 2.33 bits per heavy atom. The molecule has 0 saturated carbocycles. The molecule has 0 aliphatic rings. The highest BCUT2D eigenvalue weighted by atomic mass is 16.3. The third kappa shape index (κ3) is 5.56. The van der Waals surface area contributed by atoms with Crippen molar-refractivity contribution in [1.29, 1.82) is 0 Å². The highest BCUT2D eigenvalue weighted by Gasteiger charge is 2.09. The van der Waals surface area contributed by atoms with Gasteiger partial charge < -0.3 is 10.4 Å². The van der Waals surface area contributed by atoms with Crippen LogP contribution in [0.1, 0.15) is 40.0 Å². The van der Waals surface area contributed by atoms with E-state index < -0.39 is 0 Å². The van der Waals surface area contributed by atoms with Crippen LogP contribution in [0.4, 0.5) is 0 Å². The van der Waals surface area contributed by atoms with Crippen LogP contribution in [-0.2, 0) is 0 Å². The van der Waals surface area contributed by atoms with Crippen LogP contribution < -0.4 is 5.32 Å². The average Bonchev–Trinajstić information content (AvgIpc) is 2.04. The van der Waals surface area contributed by atoms with Crippen molar-refractivity contribution in [2.75, 3.05) is 13.2 Å². The maximum Gasteiger partial charge on any atom is 0.0587 e. The Hall–Kier alpha value is -0.0800. The number of unbranched alkanes of at least 4 members (excludes halogenated alkanes) is 2. The standard InChI is InChI=1S/C10H23NO/c1-4-5-6-7-11-10(8-12)9(2)3/h9-12H,4-8H2,1-3H3. The topological polar surface area (TPSA) is 32.3 Å². The van der Waals surface area contributed by atoms with Gasteiger partial charge in [-0.3, -0.25) is 0 Å². The molecule has 0 radical (unpaired) electrons. The molecule has 2 N–H and O–H groups in total. The van der Waals surface area contributed by atoms with Gasteiger partial charge in [0.25, 0.3) is 0 Å². The summed E-state index contributed by atoms with van der Waals surface area (Å²) >= 11 is 0. The number of hydrogen-bond acceptors (Lipinski definition) is 2. The quantitative estimate of drug-likeness (QED) is 0.575. The molecule has 2 heteroatoms. The fraction of sp³-hybridized carbons (Fsp3) is 1.00. The lowest BCUT2D eigenvalue weighted by atomic mass is 10.1. The lowest BCUT2D eigenvalue weighted by Gasteiger charge is -2.19. The molecule has 74 valence electrons. The molecule has 0 aromatic heterocycles. The molecular formula is C10H23NO.